The average molecular weight is 255 g/mol. The minimum Gasteiger partial charge on any atom is -0.478 e. The van der Waals surface area contributed by atoms with Crippen molar-refractivity contribution in [1.29, 1.82) is 0 Å². The van der Waals surface area contributed by atoms with E-state index in [1.807, 2.05) is 30.3 Å². The summed E-state index contributed by atoms with van der Waals surface area (Å²) < 4.78 is 0. The maximum Gasteiger partial charge on any atom is 0.335 e. The van der Waals surface area contributed by atoms with Gasteiger partial charge < -0.3 is 10.8 Å². The van der Waals surface area contributed by atoms with E-state index >= 15 is 0 Å². The molecule has 0 saturated heterocycles. The van der Waals surface area contributed by atoms with Gasteiger partial charge in [0.25, 0.3) is 0 Å². The third-order valence-corrected chi connectivity index (χ3v) is 3.28. The number of benzene rings is 2. The first-order chi connectivity index (χ1) is 9.11. The van der Waals surface area contributed by atoms with E-state index in [-0.39, 0.29) is 5.92 Å². The SMILES string of the molecule is CCC(c1ccc(C(=O)O)cc1)c1cccc(N)c1. The van der Waals surface area contributed by atoms with Crippen molar-refractivity contribution in [2.45, 2.75) is 19.3 Å². The third-order valence-electron chi connectivity index (χ3n) is 3.28. The van der Waals surface area contributed by atoms with Crippen molar-refractivity contribution in [3.63, 3.8) is 0 Å². The second kappa shape index (κ2) is 5.57. The molecule has 0 radical (unpaired) electrons. The fraction of sp³-hybridized carbons (Fsp3) is 0.188. The van der Waals surface area contributed by atoms with Gasteiger partial charge in [-0.15, -0.1) is 0 Å². The maximum atomic E-state index is 10.8. The zero-order valence-corrected chi connectivity index (χ0v) is 10.8. The molecule has 0 fully saturated rings. The molecule has 98 valence electrons. The summed E-state index contributed by atoms with van der Waals surface area (Å²) in [5.74, 6) is -0.658. The minimum atomic E-state index is -0.899. The Kier molecular flexibility index (Phi) is 3.85. The lowest BCUT2D eigenvalue weighted by atomic mass is 9.88. The van der Waals surface area contributed by atoms with Crippen LogP contribution in [0.3, 0.4) is 0 Å². The maximum absolute atomic E-state index is 10.8. The summed E-state index contributed by atoms with van der Waals surface area (Å²) in [6.45, 7) is 2.11. The highest BCUT2D eigenvalue weighted by atomic mass is 16.4. The number of aromatic carboxylic acids is 1. The van der Waals surface area contributed by atoms with Crippen LogP contribution in [-0.2, 0) is 0 Å². The quantitative estimate of drug-likeness (QED) is 0.822. The van der Waals surface area contributed by atoms with E-state index in [1.54, 1.807) is 12.1 Å². The lowest BCUT2D eigenvalue weighted by Crippen LogP contribution is -2.02. The van der Waals surface area contributed by atoms with Crippen LogP contribution in [0.5, 0.6) is 0 Å². The molecule has 3 nitrogen and oxygen atoms in total. The van der Waals surface area contributed by atoms with Gasteiger partial charge in [-0.25, -0.2) is 4.79 Å². The highest BCUT2D eigenvalue weighted by molar-refractivity contribution is 5.87. The van der Waals surface area contributed by atoms with E-state index in [9.17, 15) is 4.79 Å². The van der Waals surface area contributed by atoms with Crippen LogP contribution in [0.1, 0.15) is 40.7 Å². The van der Waals surface area contributed by atoms with Crippen molar-refractivity contribution in [2.24, 2.45) is 0 Å². The van der Waals surface area contributed by atoms with E-state index in [4.69, 9.17) is 10.8 Å². The Labute approximate surface area is 112 Å². The van der Waals surface area contributed by atoms with Crippen molar-refractivity contribution in [3.05, 3.63) is 65.2 Å². The van der Waals surface area contributed by atoms with Gasteiger partial charge in [-0.3, -0.25) is 0 Å². The molecule has 3 N–H and O–H groups in total. The topological polar surface area (TPSA) is 63.3 Å². The molecule has 0 aromatic heterocycles. The third kappa shape index (κ3) is 2.94. The van der Waals surface area contributed by atoms with E-state index < -0.39 is 5.97 Å². The minimum absolute atomic E-state index is 0.242. The number of carbonyl (C=O) groups is 1. The fourth-order valence-corrected chi connectivity index (χ4v) is 2.30. The summed E-state index contributed by atoms with van der Waals surface area (Å²) >= 11 is 0. The Hall–Kier alpha value is -2.29. The molecule has 1 atom stereocenters. The van der Waals surface area contributed by atoms with Crippen molar-refractivity contribution in [1.82, 2.24) is 0 Å². The average Bonchev–Trinajstić information content (AvgIpc) is 2.40. The van der Waals surface area contributed by atoms with Crippen molar-refractivity contribution < 1.29 is 9.90 Å². The summed E-state index contributed by atoms with van der Waals surface area (Å²) in [5.41, 5.74) is 9.14. The molecule has 2 aromatic carbocycles. The lowest BCUT2D eigenvalue weighted by molar-refractivity contribution is 0.0697. The summed E-state index contributed by atoms with van der Waals surface area (Å²) in [7, 11) is 0. The van der Waals surface area contributed by atoms with E-state index in [1.165, 1.54) is 0 Å². The van der Waals surface area contributed by atoms with Crippen LogP contribution < -0.4 is 5.73 Å². The number of nitrogens with two attached hydrogens (primary N) is 1. The Morgan fingerprint density at radius 1 is 1.16 bits per heavy atom. The second-order valence-corrected chi connectivity index (χ2v) is 4.56. The van der Waals surface area contributed by atoms with Crippen LogP contribution >= 0.6 is 0 Å². The molecule has 2 rings (SSSR count). The molecule has 1 unspecified atom stereocenters. The molecule has 0 aliphatic heterocycles. The predicted octanol–water partition coefficient (Wildman–Crippen LogP) is 3.51. The first-order valence-corrected chi connectivity index (χ1v) is 6.30. The van der Waals surface area contributed by atoms with Gasteiger partial charge in [0.1, 0.15) is 0 Å². The van der Waals surface area contributed by atoms with E-state index in [0.717, 1.165) is 23.2 Å². The van der Waals surface area contributed by atoms with Crippen LogP contribution in [-0.4, -0.2) is 11.1 Å². The largest absolute Gasteiger partial charge is 0.478 e. The fourth-order valence-electron chi connectivity index (χ4n) is 2.30. The van der Waals surface area contributed by atoms with Crippen LogP contribution in [0.2, 0.25) is 0 Å². The number of carboxylic acids is 1. The van der Waals surface area contributed by atoms with Gasteiger partial charge in [-0.2, -0.15) is 0 Å². The smallest absolute Gasteiger partial charge is 0.335 e. The molecule has 0 amide bonds. The van der Waals surface area contributed by atoms with Gasteiger partial charge in [0.05, 0.1) is 5.56 Å². The second-order valence-electron chi connectivity index (χ2n) is 4.56. The van der Waals surface area contributed by atoms with Gasteiger partial charge in [0.2, 0.25) is 0 Å². The van der Waals surface area contributed by atoms with Crippen LogP contribution in [0.4, 0.5) is 5.69 Å². The summed E-state index contributed by atoms with van der Waals surface area (Å²) in [6.07, 6.45) is 0.940. The molecule has 0 saturated carbocycles. The van der Waals surface area contributed by atoms with Crippen molar-refractivity contribution >= 4 is 11.7 Å². The van der Waals surface area contributed by atoms with Crippen LogP contribution in [0, 0.1) is 0 Å². The molecule has 0 aliphatic rings. The molecule has 0 bridgehead atoms. The molecule has 2 aromatic rings. The number of hydrogen-bond donors (Lipinski definition) is 2. The molecular formula is C16H17NO2. The van der Waals surface area contributed by atoms with Gasteiger partial charge >= 0.3 is 5.97 Å². The first-order valence-electron chi connectivity index (χ1n) is 6.30. The Bertz CT molecular complexity index is 576. The Morgan fingerprint density at radius 3 is 2.37 bits per heavy atom. The lowest BCUT2D eigenvalue weighted by Gasteiger charge is -2.16. The molecule has 0 aliphatic carbocycles. The molecule has 19 heavy (non-hydrogen) atoms. The van der Waals surface area contributed by atoms with Crippen LogP contribution in [0.25, 0.3) is 0 Å². The van der Waals surface area contributed by atoms with Gasteiger partial charge in [-0.1, -0.05) is 31.2 Å². The van der Waals surface area contributed by atoms with Crippen LogP contribution in [0.15, 0.2) is 48.5 Å². The van der Waals surface area contributed by atoms with Crippen molar-refractivity contribution in [2.75, 3.05) is 5.73 Å². The Balaban J connectivity index is 2.34. The van der Waals surface area contributed by atoms with E-state index in [0.29, 0.717) is 5.56 Å². The monoisotopic (exact) mass is 255 g/mol. The first kappa shape index (κ1) is 13.1. The van der Waals surface area contributed by atoms with Crippen molar-refractivity contribution in [3.8, 4) is 0 Å². The number of hydrogen-bond acceptors (Lipinski definition) is 2. The Morgan fingerprint density at radius 2 is 1.84 bits per heavy atom. The predicted molar refractivity (Wildman–Crippen MR) is 76.4 cm³/mol. The molecule has 0 heterocycles. The van der Waals surface area contributed by atoms with Gasteiger partial charge in [0.15, 0.2) is 0 Å². The normalized spacial score (nSPS) is 12.1. The number of rotatable bonds is 4. The zero-order chi connectivity index (χ0) is 13.8. The molecule has 0 spiro atoms. The summed E-state index contributed by atoms with van der Waals surface area (Å²) in [6, 6.07) is 14.9. The summed E-state index contributed by atoms with van der Waals surface area (Å²) in [5, 5.41) is 8.91. The van der Waals surface area contributed by atoms with Gasteiger partial charge in [-0.05, 0) is 41.8 Å². The number of nitrogen functional groups attached to an aromatic ring is 1. The highest BCUT2D eigenvalue weighted by Gasteiger charge is 2.13. The number of anilines is 1. The number of carboxylic acid groups (broad SMARTS) is 1. The zero-order valence-electron chi connectivity index (χ0n) is 10.8. The standard InChI is InChI=1S/C16H17NO2/c1-2-15(13-4-3-5-14(17)10-13)11-6-8-12(9-7-11)16(18)19/h3-10,15H,2,17H2,1H3,(H,18,19). The summed E-state index contributed by atoms with van der Waals surface area (Å²) in [4.78, 5) is 10.8. The molecular weight excluding hydrogens is 238 g/mol. The molecule has 3 heteroatoms. The van der Waals surface area contributed by atoms with Gasteiger partial charge in [0, 0.05) is 11.6 Å². The van der Waals surface area contributed by atoms with E-state index in [2.05, 4.69) is 13.0 Å². The highest BCUT2D eigenvalue weighted by Crippen LogP contribution is 2.29.